The number of carbonyl (C=O) groups excluding carboxylic acids is 1. The van der Waals surface area contributed by atoms with E-state index < -0.39 is 9.84 Å². The van der Waals surface area contributed by atoms with E-state index in [0.29, 0.717) is 18.8 Å². The zero-order chi connectivity index (χ0) is 17.0. The first-order chi connectivity index (χ1) is 11.5. The van der Waals surface area contributed by atoms with Gasteiger partial charge in [-0.05, 0) is 12.0 Å². The monoisotopic (exact) mass is 346 g/mol. The van der Waals surface area contributed by atoms with Gasteiger partial charge in [-0.2, -0.15) is 0 Å². The summed E-state index contributed by atoms with van der Waals surface area (Å²) in [4.78, 5) is 20.3. The van der Waals surface area contributed by atoms with Crippen molar-refractivity contribution >= 4 is 21.6 Å². The molecule has 2 heterocycles. The van der Waals surface area contributed by atoms with Gasteiger partial charge in [0.2, 0.25) is 0 Å². The molecule has 1 atom stereocenters. The summed E-state index contributed by atoms with van der Waals surface area (Å²) < 4.78 is 22.9. The van der Waals surface area contributed by atoms with Crippen LogP contribution in [0.15, 0.2) is 42.7 Å². The van der Waals surface area contributed by atoms with E-state index in [1.807, 2.05) is 30.3 Å². The van der Waals surface area contributed by atoms with E-state index in [9.17, 15) is 13.2 Å². The molecule has 0 spiro atoms. The zero-order valence-corrected chi connectivity index (χ0v) is 13.8. The van der Waals surface area contributed by atoms with Crippen LogP contribution in [0.5, 0.6) is 0 Å². The summed E-state index contributed by atoms with van der Waals surface area (Å²) in [5.74, 6) is 0.463. The predicted molar refractivity (Wildman–Crippen MR) is 90.3 cm³/mol. The van der Waals surface area contributed by atoms with Crippen LogP contribution in [0.3, 0.4) is 0 Å². The molecular weight excluding hydrogens is 328 g/mol. The third-order valence-electron chi connectivity index (χ3n) is 3.76. The molecule has 2 aromatic rings. The van der Waals surface area contributed by atoms with Gasteiger partial charge >= 0.3 is 0 Å². The number of aromatic nitrogens is 2. The second kappa shape index (κ2) is 6.96. The van der Waals surface area contributed by atoms with Gasteiger partial charge in [0, 0.05) is 12.6 Å². The van der Waals surface area contributed by atoms with Gasteiger partial charge in [-0.1, -0.05) is 30.3 Å². The van der Waals surface area contributed by atoms with Gasteiger partial charge in [-0.25, -0.2) is 18.4 Å². The van der Waals surface area contributed by atoms with Crippen molar-refractivity contribution in [1.29, 1.82) is 0 Å². The van der Waals surface area contributed by atoms with Gasteiger partial charge in [-0.15, -0.1) is 0 Å². The van der Waals surface area contributed by atoms with Crippen molar-refractivity contribution in [3.63, 3.8) is 0 Å². The number of hydrogen-bond donors (Lipinski definition) is 2. The average molecular weight is 346 g/mol. The highest BCUT2D eigenvalue weighted by atomic mass is 32.2. The van der Waals surface area contributed by atoms with Crippen LogP contribution in [-0.2, 0) is 16.4 Å². The Morgan fingerprint density at radius 1 is 1.17 bits per heavy atom. The van der Waals surface area contributed by atoms with E-state index in [-0.39, 0.29) is 29.1 Å². The first-order valence-corrected chi connectivity index (χ1v) is 9.45. The number of amides is 1. The van der Waals surface area contributed by atoms with Crippen molar-refractivity contribution in [2.75, 3.05) is 16.8 Å². The fourth-order valence-electron chi connectivity index (χ4n) is 2.51. The Hall–Kier alpha value is -2.48. The molecule has 7 nitrogen and oxygen atoms in total. The number of anilines is 1. The van der Waals surface area contributed by atoms with Crippen molar-refractivity contribution in [3.05, 3.63) is 54.0 Å². The van der Waals surface area contributed by atoms with Crippen LogP contribution in [-0.4, -0.2) is 41.8 Å². The van der Waals surface area contributed by atoms with E-state index in [2.05, 4.69) is 20.6 Å². The molecule has 1 aromatic heterocycles. The zero-order valence-electron chi connectivity index (χ0n) is 13.0. The summed E-state index contributed by atoms with van der Waals surface area (Å²) in [5, 5.41) is 5.81. The summed E-state index contributed by atoms with van der Waals surface area (Å²) >= 11 is 0. The second-order valence-electron chi connectivity index (χ2n) is 5.70. The summed E-state index contributed by atoms with van der Waals surface area (Å²) in [6.07, 6.45) is 3.39. The minimum Gasteiger partial charge on any atom is -0.365 e. The molecule has 8 heteroatoms. The van der Waals surface area contributed by atoms with Crippen LogP contribution >= 0.6 is 0 Å². The van der Waals surface area contributed by atoms with Crippen molar-refractivity contribution < 1.29 is 13.2 Å². The molecule has 2 N–H and O–H groups in total. The number of carbonyl (C=O) groups is 1. The van der Waals surface area contributed by atoms with Gasteiger partial charge in [0.15, 0.2) is 9.84 Å². The van der Waals surface area contributed by atoms with Gasteiger partial charge in [0.1, 0.15) is 11.5 Å². The third kappa shape index (κ3) is 4.29. The molecule has 1 saturated heterocycles. The van der Waals surface area contributed by atoms with Crippen molar-refractivity contribution in [3.8, 4) is 0 Å². The highest BCUT2D eigenvalue weighted by molar-refractivity contribution is 7.91. The standard InChI is InChI=1S/C16H18N4O3S/c21-16(19-8-12-4-2-1-3-5-12)14-9-18-15(10-17-14)20-13-6-7-24(22,23)11-13/h1-5,9-10,13H,6-8,11H2,(H,18,20)(H,19,21). The molecule has 1 aliphatic rings. The van der Waals surface area contributed by atoms with Crippen LogP contribution in [0.4, 0.5) is 5.82 Å². The van der Waals surface area contributed by atoms with Crippen LogP contribution in [0.25, 0.3) is 0 Å². The smallest absolute Gasteiger partial charge is 0.271 e. The van der Waals surface area contributed by atoms with Crippen molar-refractivity contribution in [2.45, 2.75) is 19.0 Å². The Balaban J connectivity index is 1.55. The molecule has 1 amide bonds. The Morgan fingerprint density at radius 3 is 2.58 bits per heavy atom. The number of sulfone groups is 1. The topological polar surface area (TPSA) is 101 Å². The van der Waals surface area contributed by atoms with E-state index in [4.69, 9.17) is 0 Å². The van der Waals surface area contributed by atoms with Crippen LogP contribution in [0.2, 0.25) is 0 Å². The van der Waals surface area contributed by atoms with Crippen LogP contribution < -0.4 is 10.6 Å². The van der Waals surface area contributed by atoms with Crippen LogP contribution in [0, 0.1) is 0 Å². The van der Waals surface area contributed by atoms with E-state index >= 15 is 0 Å². The fourth-order valence-corrected chi connectivity index (χ4v) is 4.18. The van der Waals surface area contributed by atoms with Crippen LogP contribution in [0.1, 0.15) is 22.5 Å². The maximum absolute atomic E-state index is 12.0. The molecule has 0 radical (unpaired) electrons. The molecule has 1 fully saturated rings. The quantitative estimate of drug-likeness (QED) is 0.838. The molecule has 0 bridgehead atoms. The Morgan fingerprint density at radius 2 is 1.96 bits per heavy atom. The van der Waals surface area contributed by atoms with Crippen molar-refractivity contribution in [1.82, 2.24) is 15.3 Å². The number of nitrogens with zero attached hydrogens (tertiary/aromatic N) is 2. The van der Waals surface area contributed by atoms with E-state index in [0.717, 1.165) is 5.56 Å². The first-order valence-electron chi connectivity index (χ1n) is 7.63. The molecule has 1 unspecified atom stereocenters. The van der Waals surface area contributed by atoms with Gasteiger partial charge in [0.05, 0.1) is 23.9 Å². The fraction of sp³-hybridized carbons (Fsp3) is 0.312. The van der Waals surface area contributed by atoms with Gasteiger partial charge in [0.25, 0.3) is 5.91 Å². The van der Waals surface area contributed by atoms with E-state index in [1.165, 1.54) is 12.4 Å². The molecule has 0 aliphatic carbocycles. The lowest BCUT2D eigenvalue weighted by Gasteiger charge is -2.11. The maximum Gasteiger partial charge on any atom is 0.271 e. The molecule has 3 rings (SSSR count). The third-order valence-corrected chi connectivity index (χ3v) is 5.53. The number of nitrogens with one attached hydrogen (secondary N) is 2. The lowest BCUT2D eigenvalue weighted by Crippen LogP contribution is -2.25. The first kappa shape index (κ1) is 16.4. The normalized spacial score (nSPS) is 18.9. The summed E-state index contributed by atoms with van der Waals surface area (Å²) in [6.45, 7) is 0.418. The molecule has 1 aromatic carbocycles. The highest BCUT2D eigenvalue weighted by Gasteiger charge is 2.27. The van der Waals surface area contributed by atoms with Gasteiger partial charge in [-0.3, -0.25) is 4.79 Å². The molecular formula is C16H18N4O3S. The minimum absolute atomic E-state index is 0.105. The number of benzene rings is 1. The Labute approximate surface area is 140 Å². The largest absolute Gasteiger partial charge is 0.365 e. The number of rotatable bonds is 5. The predicted octanol–water partition coefficient (Wildman–Crippen LogP) is 1.01. The Bertz CT molecular complexity index is 807. The molecule has 1 aliphatic heterocycles. The average Bonchev–Trinajstić information content (AvgIpc) is 2.93. The SMILES string of the molecule is O=C(NCc1ccccc1)c1cnc(NC2CCS(=O)(=O)C2)cn1. The molecule has 0 saturated carbocycles. The number of hydrogen-bond acceptors (Lipinski definition) is 6. The summed E-state index contributed by atoms with van der Waals surface area (Å²) in [5.41, 5.74) is 1.22. The summed E-state index contributed by atoms with van der Waals surface area (Å²) in [6, 6.07) is 9.43. The molecule has 24 heavy (non-hydrogen) atoms. The Kier molecular flexibility index (Phi) is 4.75. The minimum atomic E-state index is -2.95. The molecule has 126 valence electrons. The van der Waals surface area contributed by atoms with Gasteiger partial charge < -0.3 is 10.6 Å². The maximum atomic E-state index is 12.0. The lowest BCUT2D eigenvalue weighted by molar-refractivity contribution is 0.0945. The highest BCUT2D eigenvalue weighted by Crippen LogP contribution is 2.15. The van der Waals surface area contributed by atoms with Crippen molar-refractivity contribution in [2.24, 2.45) is 0 Å². The second-order valence-corrected chi connectivity index (χ2v) is 7.93. The van der Waals surface area contributed by atoms with E-state index in [1.54, 1.807) is 0 Å². The summed E-state index contributed by atoms with van der Waals surface area (Å²) in [7, 11) is -2.95. The lowest BCUT2D eigenvalue weighted by atomic mass is 10.2.